The normalized spacial score (nSPS) is 12.6. The lowest BCUT2D eigenvalue weighted by Crippen LogP contribution is -2.15. The van der Waals surface area contributed by atoms with E-state index in [-0.39, 0.29) is 12.1 Å². The first kappa shape index (κ1) is 11.9. The van der Waals surface area contributed by atoms with Gasteiger partial charge in [-0.2, -0.15) is 0 Å². The van der Waals surface area contributed by atoms with Crippen molar-refractivity contribution in [3.05, 3.63) is 35.2 Å². The number of aromatic nitrogens is 2. The Bertz CT molecular complexity index is 550. The number of rotatable bonds is 3. The van der Waals surface area contributed by atoms with Crippen LogP contribution in [0, 0.1) is 0 Å². The van der Waals surface area contributed by atoms with Crippen molar-refractivity contribution in [2.75, 3.05) is 0 Å². The zero-order chi connectivity index (χ0) is 12.4. The lowest BCUT2D eigenvalue weighted by atomic mass is 10.3. The predicted molar refractivity (Wildman–Crippen MR) is 65.4 cm³/mol. The molecule has 2 aromatic rings. The molecular formula is C12H13ClN2O2. The zero-order valence-electron chi connectivity index (χ0n) is 9.68. The Morgan fingerprint density at radius 2 is 2.41 bits per heavy atom. The van der Waals surface area contributed by atoms with Crippen molar-refractivity contribution >= 4 is 23.2 Å². The van der Waals surface area contributed by atoms with Crippen LogP contribution < -0.4 is 0 Å². The molecule has 0 saturated heterocycles. The first-order valence-electron chi connectivity index (χ1n) is 5.45. The number of ether oxygens (including phenoxy) is 1. The minimum Gasteiger partial charge on any atom is -0.458 e. The standard InChI is InChI=1S/C12H13ClN2O2/c1-3-8(2)17-12(16)10-7-14-11-6-9(13)4-5-15(10)11/h4-8H,3H2,1-2H3. The Kier molecular flexibility index (Phi) is 3.33. The van der Waals surface area contributed by atoms with E-state index < -0.39 is 0 Å². The lowest BCUT2D eigenvalue weighted by molar-refractivity contribution is 0.0326. The van der Waals surface area contributed by atoms with Crippen molar-refractivity contribution in [1.82, 2.24) is 9.38 Å². The van der Waals surface area contributed by atoms with E-state index >= 15 is 0 Å². The second kappa shape index (κ2) is 4.75. The Labute approximate surface area is 104 Å². The van der Waals surface area contributed by atoms with Gasteiger partial charge in [0.05, 0.1) is 12.3 Å². The van der Waals surface area contributed by atoms with Crippen LogP contribution in [0.4, 0.5) is 0 Å². The molecular weight excluding hydrogens is 240 g/mol. The maximum absolute atomic E-state index is 11.9. The van der Waals surface area contributed by atoms with Crippen molar-refractivity contribution in [2.24, 2.45) is 0 Å². The Morgan fingerprint density at radius 1 is 1.65 bits per heavy atom. The summed E-state index contributed by atoms with van der Waals surface area (Å²) < 4.78 is 6.91. The molecule has 4 nitrogen and oxygen atoms in total. The molecule has 0 aromatic carbocycles. The quantitative estimate of drug-likeness (QED) is 0.789. The number of imidazole rings is 1. The summed E-state index contributed by atoms with van der Waals surface area (Å²) in [4.78, 5) is 16.0. The molecule has 1 atom stereocenters. The molecule has 0 spiro atoms. The average Bonchev–Trinajstić information content (AvgIpc) is 2.71. The predicted octanol–water partition coefficient (Wildman–Crippen LogP) is 2.94. The first-order chi connectivity index (χ1) is 8.11. The van der Waals surface area contributed by atoms with E-state index in [1.165, 1.54) is 6.20 Å². The number of nitrogens with zero attached hydrogens (tertiary/aromatic N) is 2. The van der Waals surface area contributed by atoms with Crippen LogP contribution in [0.25, 0.3) is 5.65 Å². The zero-order valence-corrected chi connectivity index (χ0v) is 10.4. The lowest BCUT2D eigenvalue weighted by Gasteiger charge is -2.10. The van der Waals surface area contributed by atoms with Gasteiger partial charge >= 0.3 is 5.97 Å². The van der Waals surface area contributed by atoms with Crippen LogP contribution >= 0.6 is 11.6 Å². The monoisotopic (exact) mass is 252 g/mol. The Balaban J connectivity index is 2.33. The minimum atomic E-state index is -0.367. The number of carbonyl (C=O) groups is 1. The molecule has 17 heavy (non-hydrogen) atoms. The fourth-order valence-corrected chi connectivity index (χ4v) is 1.59. The van der Waals surface area contributed by atoms with Crippen molar-refractivity contribution in [3.8, 4) is 0 Å². The van der Waals surface area contributed by atoms with E-state index in [4.69, 9.17) is 16.3 Å². The molecule has 2 aromatic heterocycles. The van der Waals surface area contributed by atoms with Crippen LogP contribution in [0.5, 0.6) is 0 Å². The third-order valence-corrected chi connectivity index (χ3v) is 2.80. The van der Waals surface area contributed by atoms with Crippen LogP contribution in [0.3, 0.4) is 0 Å². The molecule has 0 saturated carbocycles. The summed E-state index contributed by atoms with van der Waals surface area (Å²) in [6, 6.07) is 3.40. The third-order valence-electron chi connectivity index (χ3n) is 2.57. The number of halogens is 1. The summed E-state index contributed by atoms with van der Waals surface area (Å²) in [5, 5.41) is 0.588. The molecule has 0 N–H and O–H groups in total. The van der Waals surface area contributed by atoms with Gasteiger partial charge in [0.25, 0.3) is 0 Å². The van der Waals surface area contributed by atoms with Crippen molar-refractivity contribution in [1.29, 1.82) is 0 Å². The minimum absolute atomic E-state index is 0.0969. The highest BCUT2D eigenvalue weighted by Crippen LogP contribution is 2.14. The molecule has 0 aliphatic carbocycles. The van der Waals surface area contributed by atoms with Gasteiger partial charge in [0, 0.05) is 17.3 Å². The molecule has 90 valence electrons. The summed E-state index contributed by atoms with van der Waals surface area (Å²) in [6.45, 7) is 3.82. The van der Waals surface area contributed by atoms with Gasteiger partial charge in [0.2, 0.25) is 0 Å². The molecule has 2 heterocycles. The smallest absolute Gasteiger partial charge is 0.357 e. The van der Waals surface area contributed by atoms with Gasteiger partial charge in [0.15, 0.2) is 5.69 Å². The number of carbonyl (C=O) groups excluding carboxylic acids is 1. The summed E-state index contributed by atoms with van der Waals surface area (Å²) in [5.74, 6) is -0.367. The fraction of sp³-hybridized carbons (Fsp3) is 0.333. The third kappa shape index (κ3) is 2.42. The van der Waals surface area contributed by atoms with Crippen molar-refractivity contribution < 1.29 is 9.53 Å². The molecule has 1 unspecified atom stereocenters. The molecule has 0 fully saturated rings. The largest absolute Gasteiger partial charge is 0.458 e. The van der Waals surface area contributed by atoms with Gasteiger partial charge < -0.3 is 4.74 Å². The molecule has 2 rings (SSSR count). The highest BCUT2D eigenvalue weighted by atomic mass is 35.5. The second-order valence-corrected chi connectivity index (χ2v) is 4.28. The van der Waals surface area contributed by atoms with Crippen LogP contribution in [0.2, 0.25) is 5.02 Å². The Hall–Kier alpha value is -1.55. The van der Waals surface area contributed by atoms with Gasteiger partial charge in [-0.05, 0) is 19.4 Å². The second-order valence-electron chi connectivity index (χ2n) is 3.84. The molecule has 0 aliphatic rings. The first-order valence-corrected chi connectivity index (χ1v) is 5.83. The van der Waals surface area contributed by atoms with Crippen LogP contribution in [0.15, 0.2) is 24.5 Å². The SMILES string of the molecule is CCC(C)OC(=O)c1cnc2cc(Cl)ccn12. The number of fused-ring (bicyclic) bond motifs is 1. The highest BCUT2D eigenvalue weighted by Gasteiger charge is 2.15. The van der Waals surface area contributed by atoms with E-state index in [1.54, 1.807) is 22.7 Å². The van der Waals surface area contributed by atoms with Crippen LogP contribution in [-0.4, -0.2) is 21.5 Å². The topological polar surface area (TPSA) is 43.6 Å². The fourth-order valence-electron chi connectivity index (χ4n) is 1.43. The van der Waals surface area contributed by atoms with Gasteiger partial charge in [-0.25, -0.2) is 9.78 Å². The maximum Gasteiger partial charge on any atom is 0.357 e. The number of hydrogen-bond donors (Lipinski definition) is 0. The summed E-state index contributed by atoms with van der Waals surface area (Å²) in [7, 11) is 0. The Morgan fingerprint density at radius 3 is 3.12 bits per heavy atom. The average molecular weight is 253 g/mol. The van der Waals surface area contributed by atoms with Gasteiger partial charge in [-0.15, -0.1) is 0 Å². The molecule has 0 radical (unpaired) electrons. The van der Waals surface area contributed by atoms with E-state index in [0.29, 0.717) is 16.4 Å². The van der Waals surface area contributed by atoms with Gasteiger partial charge in [-0.1, -0.05) is 18.5 Å². The van der Waals surface area contributed by atoms with Gasteiger partial charge in [-0.3, -0.25) is 4.40 Å². The van der Waals surface area contributed by atoms with Crippen molar-refractivity contribution in [2.45, 2.75) is 26.4 Å². The number of pyridine rings is 1. The number of hydrogen-bond acceptors (Lipinski definition) is 3. The van der Waals surface area contributed by atoms with Crippen LogP contribution in [-0.2, 0) is 4.74 Å². The summed E-state index contributed by atoms with van der Waals surface area (Å²) in [5.41, 5.74) is 1.05. The van der Waals surface area contributed by atoms with E-state index in [1.807, 2.05) is 13.8 Å². The number of esters is 1. The van der Waals surface area contributed by atoms with Crippen LogP contribution in [0.1, 0.15) is 30.8 Å². The molecule has 5 heteroatoms. The van der Waals surface area contributed by atoms with E-state index in [9.17, 15) is 4.79 Å². The molecule has 0 aliphatic heterocycles. The summed E-state index contributed by atoms with van der Waals surface area (Å²) in [6.07, 6.45) is 3.89. The highest BCUT2D eigenvalue weighted by molar-refractivity contribution is 6.30. The van der Waals surface area contributed by atoms with Crippen molar-refractivity contribution in [3.63, 3.8) is 0 Å². The summed E-state index contributed by atoms with van der Waals surface area (Å²) >= 11 is 5.84. The molecule has 0 bridgehead atoms. The maximum atomic E-state index is 11.9. The molecule has 0 amide bonds. The van der Waals surface area contributed by atoms with Gasteiger partial charge in [0.1, 0.15) is 5.65 Å². The van der Waals surface area contributed by atoms with E-state index in [2.05, 4.69) is 4.98 Å². The van der Waals surface area contributed by atoms with E-state index in [0.717, 1.165) is 6.42 Å².